The van der Waals surface area contributed by atoms with Gasteiger partial charge in [-0.25, -0.2) is 0 Å². The van der Waals surface area contributed by atoms with E-state index in [-0.39, 0.29) is 54.4 Å². The number of anilines is 1. The Morgan fingerprint density at radius 1 is 1.00 bits per heavy atom. The third kappa shape index (κ3) is 2.55. The second kappa shape index (κ2) is 5.78. The van der Waals surface area contributed by atoms with E-state index >= 15 is 0 Å². The standard InChI is InChI=1S/C22H24N2O3/c1-11-7-12(2)9-13(8-11)23-18(25)5-6-24-21(26)19-14-3-4-15(17-10-16(14)17)20(19)22(24)27/h3-4,7-9,14-17,19-20H,5-6,10H2,1-2H3,(H,23,25)/t14-,15+,16-,17-,19+,20+/m1/s1. The van der Waals surface area contributed by atoms with Gasteiger partial charge in [-0.15, -0.1) is 0 Å². The van der Waals surface area contributed by atoms with Crippen molar-refractivity contribution in [1.82, 2.24) is 4.90 Å². The number of carbonyl (C=O) groups is 3. The molecule has 1 N–H and O–H groups in total. The van der Waals surface area contributed by atoms with Crippen molar-refractivity contribution in [2.75, 3.05) is 11.9 Å². The van der Waals surface area contributed by atoms with Gasteiger partial charge in [0.1, 0.15) is 0 Å². The Kier molecular flexibility index (Phi) is 3.58. The van der Waals surface area contributed by atoms with Crippen LogP contribution in [0.5, 0.6) is 0 Å². The van der Waals surface area contributed by atoms with E-state index in [1.807, 2.05) is 32.0 Å². The molecule has 6 rings (SSSR count). The van der Waals surface area contributed by atoms with Crippen molar-refractivity contribution in [2.24, 2.45) is 35.5 Å². The van der Waals surface area contributed by atoms with Crippen molar-refractivity contribution in [1.29, 1.82) is 0 Å². The average molecular weight is 364 g/mol. The molecular formula is C22H24N2O3. The van der Waals surface area contributed by atoms with Gasteiger partial charge < -0.3 is 5.32 Å². The molecule has 0 unspecified atom stereocenters. The van der Waals surface area contributed by atoms with Crippen LogP contribution in [0.2, 0.25) is 0 Å². The van der Waals surface area contributed by atoms with Crippen LogP contribution in [0, 0.1) is 49.4 Å². The minimum absolute atomic E-state index is 0.0612. The van der Waals surface area contributed by atoms with Crippen LogP contribution >= 0.6 is 0 Å². The smallest absolute Gasteiger partial charge is 0.233 e. The number of hydrogen-bond acceptors (Lipinski definition) is 3. The molecule has 1 aromatic rings. The zero-order valence-corrected chi connectivity index (χ0v) is 15.6. The summed E-state index contributed by atoms with van der Waals surface area (Å²) in [6.07, 6.45) is 5.64. The van der Waals surface area contributed by atoms with Crippen molar-refractivity contribution >= 4 is 23.4 Å². The van der Waals surface area contributed by atoms with E-state index in [0.29, 0.717) is 11.8 Å². The summed E-state index contributed by atoms with van der Waals surface area (Å²) in [7, 11) is 0. The van der Waals surface area contributed by atoms with Crippen LogP contribution in [-0.4, -0.2) is 29.2 Å². The van der Waals surface area contributed by atoms with Crippen LogP contribution in [-0.2, 0) is 14.4 Å². The van der Waals surface area contributed by atoms with Crippen LogP contribution < -0.4 is 5.32 Å². The van der Waals surface area contributed by atoms with Crippen LogP contribution in [0.25, 0.3) is 0 Å². The number of benzene rings is 1. The predicted octanol–water partition coefficient (Wildman–Crippen LogP) is 2.69. The Morgan fingerprint density at radius 3 is 2.11 bits per heavy atom. The second-order valence-corrected chi connectivity index (χ2v) is 8.66. The fourth-order valence-corrected chi connectivity index (χ4v) is 5.72. The number of nitrogens with one attached hydrogen (secondary N) is 1. The van der Waals surface area contributed by atoms with Gasteiger partial charge in [0.2, 0.25) is 17.7 Å². The molecule has 2 saturated carbocycles. The fourth-order valence-electron chi connectivity index (χ4n) is 5.72. The summed E-state index contributed by atoms with van der Waals surface area (Å²) in [6.45, 7) is 4.15. The van der Waals surface area contributed by atoms with Gasteiger partial charge in [-0.1, -0.05) is 18.2 Å². The monoisotopic (exact) mass is 364 g/mol. The lowest BCUT2D eigenvalue weighted by molar-refractivity contribution is -0.140. The van der Waals surface area contributed by atoms with Gasteiger partial charge >= 0.3 is 0 Å². The number of hydrogen-bond donors (Lipinski definition) is 1. The van der Waals surface area contributed by atoms with Gasteiger partial charge in [0.05, 0.1) is 11.8 Å². The van der Waals surface area contributed by atoms with Crippen molar-refractivity contribution in [2.45, 2.75) is 26.7 Å². The molecule has 0 radical (unpaired) electrons. The maximum absolute atomic E-state index is 12.9. The first-order valence-electron chi connectivity index (χ1n) is 9.86. The summed E-state index contributed by atoms with van der Waals surface area (Å²) >= 11 is 0. The summed E-state index contributed by atoms with van der Waals surface area (Å²) in [5, 5.41) is 2.88. The number of likely N-dealkylation sites (tertiary alicyclic amines) is 1. The Hall–Kier alpha value is -2.43. The molecule has 1 aliphatic heterocycles. The minimum atomic E-state index is -0.182. The van der Waals surface area contributed by atoms with Crippen LogP contribution in [0.1, 0.15) is 24.0 Å². The number of nitrogens with zero attached hydrogens (tertiary/aromatic N) is 1. The first-order valence-corrected chi connectivity index (χ1v) is 9.86. The van der Waals surface area contributed by atoms with Gasteiger partial charge in [0.25, 0.3) is 0 Å². The Bertz CT molecular complexity index is 833. The highest BCUT2D eigenvalue weighted by Crippen LogP contribution is 2.65. The molecule has 1 aromatic carbocycles. The van der Waals surface area contributed by atoms with Crippen molar-refractivity contribution in [3.05, 3.63) is 41.5 Å². The third-order valence-electron chi connectivity index (χ3n) is 6.82. The Labute approximate surface area is 158 Å². The molecule has 5 nitrogen and oxygen atoms in total. The molecule has 1 saturated heterocycles. The quantitative estimate of drug-likeness (QED) is 0.660. The number of rotatable bonds is 4. The molecule has 0 spiro atoms. The third-order valence-corrected chi connectivity index (χ3v) is 6.82. The van der Waals surface area contributed by atoms with Gasteiger partial charge in [-0.05, 0) is 67.2 Å². The van der Waals surface area contributed by atoms with Gasteiger partial charge in [-0.3, -0.25) is 19.3 Å². The molecule has 1 heterocycles. The zero-order valence-electron chi connectivity index (χ0n) is 15.6. The van der Waals surface area contributed by atoms with E-state index < -0.39 is 0 Å². The van der Waals surface area contributed by atoms with E-state index in [2.05, 4.69) is 17.5 Å². The summed E-state index contributed by atoms with van der Waals surface area (Å²) in [5.74, 6) is 1.02. The van der Waals surface area contributed by atoms with Gasteiger partial charge in [0, 0.05) is 18.7 Å². The van der Waals surface area contributed by atoms with Crippen LogP contribution in [0.15, 0.2) is 30.4 Å². The average Bonchev–Trinajstić information content (AvgIpc) is 3.38. The summed E-state index contributed by atoms with van der Waals surface area (Å²) < 4.78 is 0. The Morgan fingerprint density at radius 2 is 1.56 bits per heavy atom. The molecule has 27 heavy (non-hydrogen) atoms. The largest absolute Gasteiger partial charge is 0.326 e. The minimum Gasteiger partial charge on any atom is -0.326 e. The normalized spacial score (nSPS) is 35.3. The maximum atomic E-state index is 12.9. The van der Waals surface area contributed by atoms with Crippen LogP contribution in [0.3, 0.4) is 0 Å². The molecule has 2 bridgehead atoms. The topological polar surface area (TPSA) is 66.5 Å². The molecule has 0 aromatic heterocycles. The molecule has 3 fully saturated rings. The zero-order chi connectivity index (χ0) is 18.9. The van der Waals surface area contributed by atoms with Gasteiger partial charge in [0.15, 0.2) is 0 Å². The highest BCUT2D eigenvalue weighted by atomic mass is 16.2. The maximum Gasteiger partial charge on any atom is 0.233 e. The predicted molar refractivity (Wildman–Crippen MR) is 101 cm³/mol. The van der Waals surface area contributed by atoms with Crippen molar-refractivity contribution in [3.8, 4) is 0 Å². The SMILES string of the molecule is Cc1cc(C)cc(NC(=O)CCN2C(=O)[C@H]3[C@@H]4C=C[C@@H]([C@H]5C[C@H]45)[C@@H]3C2=O)c1. The fraction of sp³-hybridized carbons (Fsp3) is 0.500. The Balaban J connectivity index is 1.25. The molecule has 5 aliphatic rings. The summed E-state index contributed by atoms with van der Waals surface area (Å²) in [4.78, 5) is 39.5. The molecular weight excluding hydrogens is 340 g/mol. The van der Waals surface area contributed by atoms with Crippen molar-refractivity contribution < 1.29 is 14.4 Å². The summed E-state index contributed by atoms with van der Waals surface area (Å²) in [5.41, 5.74) is 2.93. The number of carbonyl (C=O) groups excluding carboxylic acids is 3. The van der Waals surface area contributed by atoms with E-state index in [4.69, 9.17) is 0 Å². The van der Waals surface area contributed by atoms with E-state index in [9.17, 15) is 14.4 Å². The molecule has 5 heteroatoms. The van der Waals surface area contributed by atoms with E-state index in [1.54, 1.807) is 0 Å². The van der Waals surface area contributed by atoms with E-state index in [1.165, 1.54) is 4.90 Å². The molecule has 4 aliphatic carbocycles. The number of imide groups is 1. The second-order valence-electron chi connectivity index (χ2n) is 8.66. The van der Waals surface area contributed by atoms with Crippen LogP contribution in [0.4, 0.5) is 5.69 Å². The highest BCUT2D eigenvalue weighted by molar-refractivity contribution is 6.06. The lowest BCUT2D eigenvalue weighted by atomic mass is 9.63. The molecule has 140 valence electrons. The molecule has 6 atom stereocenters. The number of aryl methyl sites for hydroxylation is 2. The van der Waals surface area contributed by atoms with Crippen molar-refractivity contribution in [3.63, 3.8) is 0 Å². The lowest BCUT2D eigenvalue weighted by Crippen LogP contribution is -2.40. The number of amides is 3. The number of allylic oxidation sites excluding steroid dienone is 2. The first-order chi connectivity index (χ1) is 12.9. The highest BCUT2D eigenvalue weighted by Gasteiger charge is 2.66. The first kappa shape index (κ1) is 16.7. The van der Waals surface area contributed by atoms with Gasteiger partial charge in [-0.2, -0.15) is 0 Å². The summed E-state index contributed by atoms with van der Waals surface area (Å²) in [6, 6.07) is 5.88. The van der Waals surface area contributed by atoms with E-state index in [0.717, 1.165) is 23.2 Å². The molecule has 3 amide bonds. The lowest BCUT2D eigenvalue weighted by Gasteiger charge is -2.37.